The number of hydrogen-bond acceptors (Lipinski definition) is 2. The van der Waals surface area contributed by atoms with Crippen LogP contribution >= 0.6 is 0 Å². The molecule has 1 saturated heterocycles. The molecular formula is C22H31NO2. The third kappa shape index (κ3) is 3.36. The van der Waals surface area contributed by atoms with Gasteiger partial charge in [0.25, 0.3) is 0 Å². The maximum atomic E-state index is 12.5. The molecule has 1 spiro atoms. The normalized spacial score (nSPS) is 31.5. The van der Waals surface area contributed by atoms with Crippen molar-refractivity contribution >= 4 is 5.91 Å². The summed E-state index contributed by atoms with van der Waals surface area (Å²) in [7, 11) is 0. The van der Waals surface area contributed by atoms with E-state index in [4.69, 9.17) is 0 Å². The van der Waals surface area contributed by atoms with E-state index in [-0.39, 0.29) is 5.92 Å². The molecule has 2 saturated carbocycles. The quantitative estimate of drug-likeness (QED) is 0.910. The van der Waals surface area contributed by atoms with Gasteiger partial charge in [0, 0.05) is 24.4 Å². The van der Waals surface area contributed by atoms with Gasteiger partial charge >= 0.3 is 0 Å². The summed E-state index contributed by atoms with van der Waals surface area (Å²) in [5, 5.41) is 9.85. The van der Waals surface area contributed by atoms with Crippen LogP contribution in [0.15, 0.2) is 24.3 Å². The van der Waals surface area contributed by atoms with E-state index in [0.717, 1.165) is 19.0 Å². The minimum absolute atomic E-state index is 0.0738. The number of amides is 1. The second kappa shape index (κ2) is 6.12. The molecule has 0 aromatic heterocycles. The van der Waals surface area contributed by atoms with Crippen LogP contribution < -0.4 is 0 Å². The molecule has 136 valence electrons. The fourth-order valence-electron chi connectivity index (χ4n) is 5.31. The molecule has 1 heterocycles. The van der Waals surface area contributed by atoms with Crippen LogP contribution in [-0.4, -0.2) is 34.6 Å². The van der Waals surface area contributed by atoms with E-state index < -0.39 is 5.60 Å². The number of carbonyl (C=O) groups is 1. The van der Waals surface area contributed by atoms with Crippen LogP contribution in [-0.2, 0) is 11.2 Å². The largest absolute Gasteiger partial charge is 0.390 e. The van der Waals surface area contributed by atoms with Crippen LogP contribution in [0.1, 0.15) is 56.6 Å². The Balaban J connectivity index is 1.25. The maximum absolute atomic E-state index is 12.5. The number of carbonyl (C=O) groups excluding carboxylic acids is 1. The fraction of sp³-hybridized carbons (Fsp3) is 0.682. The zero-order valence-electron chi connectivity index (χ0n) is 15.6. The molecule has 2 aliphatic carbocycles. The molecule has 0 atom stereocenters. The predicted molar refractivity (Wildman–Crippen MR) is 99.2 cm³/mol. The Labute approximate surface area is 151 Å². The van der Waals surface area contributed by atoms with Gasteiger partial charge < -0.3 is 10.0 Å². The van der Waals surface area contributed by atoms with E-state index >= 15 is 0 Å². The second-order valence-corrected chi connectivity index (χ2v) is 9.37. The number of rotatable bonds is 3. The fourth-order valence-corrected chi connectivity index (χ4v) is 5.31. The van der Waals surface area contributed by atoms with Crippen LogP contribution in [0.4, 0.5) is 0 Å². The number of aliphatic hydroxyl groups is 1. The molecule has 1 aromatic rings. The number of benzene rings is 1. The standard InChI is InChI=1S/C22H31NO2/c1-16-5-3-4-6-18(16)11-17-7-9-22(10-8-17)14-23(15-22)20(24)19-12-21(2,25)13-19/h3-6,17,19,25H,7-15H2,1-2H3. The number of nitrogens with zero attached hydrogens (tertiary/aromatic N) is 1. The maximum Gasteiger partial charge on any atom is 0.225 e. The van der Waals surface area contributed by atoms with Gasteiger partial charge in [-0.05, 0) is 75.8 Å². The van der Waals surface area contributed by atoms with Gasteiger partial charge in [-0.1, -0.05) is 24.3 Å². The van der Waals surface area contributed by atoms with E-state index in [1.165, 1.54) is 43.2 Å². The Kier molecular flexibility index (Phi) is 4.18. The summed E-state index contributed by atoms with van der Waals surface area (Å²) in [6, 6.07) is 8.76. The van der Waals surface area contributed by atoms with Crippen molar-refractivity contribution in [1.82, 2.24) is 4.90 Å². The van der Waals surface area contributed by atoms with Gasteiger partial charge in [0.15, 0.2) is 0 Å². The minimum atomic E-state index is -0.601. The highest BCUT2D eigenvalue weighted by atomic mass is 16.3. The van der Waals surface area contributed by atoms with Crippen molar-refractivity contribution in [3.05, 3.63) is 35.4 Å². The van der Waals surface area contributed by atoms with Crippen LogP contribution in [0, 0.1) is 24.2 Å². The average molecular weight is 341 g/mol. The van der Waals surface area contributed by atoms with E-state index in [0.29, 0.717) is 24.2 Å². The van der Waals surface area contributed by atoms with Crippen molar-refractivity contribution in [2.75, 3.05) is 13.1 Å². The molecule has 0 radical (unpaired) electrons. The highest BCUT2D eigenvalue weighted by Crippen LogP contribution is 2.48. The number of hydrogen-bond donors (Lipinski definition) is 1. The molecule has 1 aromatic carbocycles. The number of aryl methyl sites for hydroxylation is 1. The van der Waals surface area contributed by atoms with Gasteiger partial charge in [-0.2, -0.15) is 0 Å². The van der Waals surface area contributed by atoms with Crippen LogP contribution in [0.5, 0.6) is 0 Å². The summed E-state index contributed by atoms with van der Waals surface area (Å²) in [5.74, 6) is 1.17. The first-order valence-corrected chi connectivity index (χ1v) is 9.92. The molecule has 25 heavy (non-hydrogen) atoms. The average Bonchev–Trinajstić information content (AvgIpc) is 2.53. The summed E-state index contributed by atoms with van der Waals surface area (Å²) >= 11 is 0. The van der Waals surface area contributed by atoms with Crippen molar-refractivity contribution in [3.8, 4) is 0 Å². The highest BCUT2D eigenvalue weighted by Gasteiger charge is 2.51. The first-order valence-electron chi connectivity index (χ1n) is 9.92. The van der Waals surface area contributed by atoms with Gasteiger partial charge in [-0.15, -0.1) is 0 Å². The Bertz CT molecular complexity index is 642. The molecule has 3 fully saturated rings. The van der Waals surface area contributed by atoms with E-state index in [1.807, 2.05) is 6.92 Å². The van der Waals surface area contributed by atoms with E-state index in [1.54, 1.807) is 0 Å². The minimum Gasteiger partial charge on any atom is -0.390 e. The molecule has 0 bridgehead atoms. The van der Waals surface area contributed by atoms with Crippen LogP contribution in [0.3, 0.4) is 0 Å². The molecule has 1 amide bonds. The Morgan fingerprint density at radius 2 is 1.84 bits per heavy atom. The molecular weight excluding hydrogens is 310 g/mol. The summed E-state index contributed by atoms with van der Waals surface area (Å²) < 4.78 is 0. The molecule has 3 heteroatoms. The molecule has 3 nitrogen and oxygen atoms in total. The Morgan fingerprint density at radius 1 is 1.20 bits per heavy atom. The summed E-state index contributed by atoms with van der Waals surface area (Å²) in [6.07, 6.45) is 7.65. The first-order chi connectivity index (χ1) is 11.9. The topological polar surface area (TPSA) is 40.5 Å². The van der Waals surface area contributed by atoms with Gasteiger partial charge in [0.05, 0.1) is 5.60 Å². The first kappa shape index (κ1) is 17.1. The summed E-state index contributed by atoms with van der Waals surface area (Å²) in [4.78, 5) is 14.5. The van der Waals surface area contributed by atoms with Crippen LogP contribution in [0.25, 0.3) is 0 Å². The Hall–Kier alpha value is -1.35. The van der Waals surface area contributed by atoms with E-state index in [2.05, 4.69) is 36.1 Å². The zero-order chi connectivity index (χ0) is 17.7. The third-order valence-electron chi connectivity index (χ3n) is 7.02. The summed E-state index contributed by atoms with van der Waals surface area (Å²) in [5.41, 5.74) is 2.73. The lowest BCUT2D eigenvalue weighted by Crippen LogP contribution is -2.62. The molecule has 1 N–H and O–H groups in total. The summed E-state index contributed by atoms with van der Waals surface area (Å²) in [6.45, 7) is 5.97. The van der Waals surface area contributed by atoms with Gasteiger partial charge in [-0.25, -0.2) is 0 Å². The predicted octanol–water partition coefficient (Wildman–Crippen LogP) is 3.72. The van der Waals surface area contributed by atoms with Gasteiger partial charge in [-0.3, -0.25) is 4.79 Å². The van der Waals surface area contributed by atoms with Crippen molar-refractivity contribution < 1.29 is 9.90 Å². The highest BCUT2D eigenvalue weighted by molar-refractivity contribution is 5.81. The second-order valence-electron chi connectivity index (χ2n) is 9.37. The lowest BCUT2D eigenvalue weighted by atomic mass is 9.64. The number of likely N-dealkylation sites (tertiary alicyclic amines) is 1. The van der Waals surface area contributed by atoms with Crippen molar-refractivity contribution in [2.45, 2.75) is 64.4 Å². The lowest BCUT2D eigenvalue weighted by Gasteiger charge is -2.55. The Morgan fingerprint density at radius 3 is 2.44 bits per heavy atom. The molecule has 1 aliphatic heterocycles. The van der Waals surface area contributed by atoms with E-state index in [9.17, 15) is 9.90 Å². The monoisotopic (exact) mass is 341 g/mol. The van der Waals surface area contributed by atoms with Crippen LogP contribution in [0.2, 0.25) is 0 Å². The smallest absolute Gasteiger partial charge is 0.225 e. The van der Waals surface area contributed by atoms with Crippen molar-refractivity contribution in [2.24, 2.45) is 17.3 Å². The third-order valence-corrected chi connectivity index (χ3v) is 7.02. The van der Waals surface area contributed by atoms with Crippen molar-refractivity contribution in [3.63, 3.8) is 0 Å². The van der Waals surface area contributed by atoms with Gasteiger partial charge in [0.2, 0.25) is 5.91 Å². The lowest BCUT2D eigenvalue weighted by molar-refractivity contribution is -0.163. The molecule has 4 rings (SSSR count). The van der Waals surface area contributed by atoms with Gasteiger partial charge in [0.1, 0.15) is 0 Å². The molecule has 3 aliphatic rings. The molecule has 0 unspecified atom stereocenters. The zero-order valence-corrected chi connectivity index (χ0v) is 15.6. The van der Waals surface area contributed by atoms with Crippen molar-refractivity contribution in [1.29, 1.82) is 0 Å². The SMILES string of the molecule is Cc1ccccc1CC1CCC2(CC1)CN(C(=O)C1CC(C)(O)C1)C2.